The largest absolute Gasteiger partial charge is 0.357 e. The van der Waals surface area contributed by atoms with Crippen molar-refractivity contribution in [1.29, 1.82) is 0 Å². The fourth-order valence-corrected chi connectivity index (χ4v) is 5.09. The van der Waals surface area contributed by atoms with Crippen LogP contribution in [0.5, 0.6) is 0 Å². The SMILES string of the molecule is CCNC(=NCC(C)CN1CCCCC1)NC1CCN(C(=O)C2CCCCC2)C1. The molecule has 1 saturated carbocycles. The van der Waals surface area contributed by atoms with Gasteiger partial charge in [-0.2, -0.15) is 0 Å². The van der Waals surface area contributed by atoms with E-state index in [4.69, 9.17) is 4.99 Å². The highest BCUT2D eigenvalue weighted by Crippen LogP contribution is 2.26. The van der Waals surface area contributed by atoms with E-state index in [0.717, 1.165) is 57.9 Å². The number of nitrogens with one attached hydrogen (secondary N) is 2. The van der Waals surface area contributed by atoms with E-state index in [1.54, 1.807) is 0 Å². The molecule has 2 aliphatic heterocycles. The van der Waals surface area contributed by atoms with Gasteiger partial charge in [-0.05, 0) is 58.0 Å². The highest BCUT2D eigenvalue weighted by atomic mass is 16.2. The van der Waals surface area contributed by atoms with Crippen molar-refractivity contribution < 1.29 is 4.79 Å². The van der Waals surface area contributed by atoms with Crippen LogP contribution in [-0.2, 0) is 4.79 Å². The van der Waals surface area contributed by atoms with Crippen LogP contribution in [0.1, 0.15) is 71.6 Å². The number of likely N-dealkylation sites (tertiary alicyclic amines) is 2. The van der Waals surface area contributed by atoms with E-state index >= 15 is 0 Å². The molecule has 2 N–H and O–H groups in total. The van der Waals surface area contributed by atoms with Crippen LogP contribution >= 0.6 is 0 Å². The van der Waals surface area contributed by atoms with Gasteiger partial charge in [-0.3, -0.25) is 9.79 Å². The summed E-state index contributed by atoms with van der Waals surface area (Å²) in [5, 5.41) is 6.99. The maximum atomic E-state index is 12.8. The van der Waals surface area contributed by atoms with Crippen LogP contribution in [0.2, 0.25) is 0 Å². The number of guanidine groups is 1. The van der Waals surface area contributed by atoms with Crippen molar-refractivity contribution in [3.63, 3.8) is 0 Å². The summed E-state index contributed by atoms with van der Waals surface area (Å²) in [7, 11) is 0. The highest BCUT2D eigenvalue weighted by molar-refractivity contribution is 5.81. The van der Waals surface area contributed by atoms with Gasteiger partial charge in [-0.25, -0.2) is 0 Å². The molecule has 3 fully saturated rings. The molecule has 1 aliphatic carbocycles. The Morgan fingerprint density at radius 2 is 1.76 bits per heavy atom. The van der Waals surface area contributed by atoms with Crippen molar-refractivity contribution in [2.24, 2.45) is 16.8 Å². The third-order valence-electron chi connectivity index (χ3n) is 6.72. The summed E-state index contributed by atoms with van der Waals surface area (Å²) in [6, 6.07) is 0.317. The maximum Gasteiger partial charge on any atom is 0.225 e. The Balaban J connectivity index is 1.44. The molecule has 0 aromatic carbocycles. The lowest BCUT2D eigenvalue weighted by Crippen LogP contribution is -2.46. The first-order valence-corrected chi connectivity index (χ1v) is 12.2. The van der Waals surface area contributed by atoms with E-state index in [-0.39, 0.29) is 5.92 Å². The van der Waals surface area contributed by atoms with Crippen LogP contribution < -0.4 is 10.6 Å². The average Bonchev–Trinajstić information content (AvgIpc) is 3.21. The molecule has 2 atom stereocenters. The molecular formula is C23H43N5O. The van der Waals surface area contributed by atoms with Crippen LogP contribution in [0.25, 0.3) is 0 Å². The Kier molecular flexibility index (Phi) is 9.09. The molecule has 6 heteroatoms. The Bertz CT molecular complexity index is 525. The number of carbonyl (C=O) groups excluding carboxylic acids is 1. The van der Waals surface area contributed by atoms with E-state index in [9.17, 15) is 4.79 Å². The van der Waals surface area contributed by atoms with Crippen LogP contribution in [-0.4, -0.2) is 73.5 Å². The second kappa shape index (κ2) is 11.8. The molecule has 2 saturated heterocycles. The van der Waals surface area contributed by atoms with Gasteiger partial charge < -0.3 is 20.4 Å². The lowest BCUT2D eigenvalue weighted by Gasteiger charge is -2.28. The van der Waals surface area contributed by atoms with Gasteiger partial charge in [-0.1, -0.05) is 32.6 Å². The number of nitrogens with zero attached hydrogens (tertiary/aromatic N) is 3. The maximum absolute atomic E-state index is 12.8. The minimum atomic E-state index is 0.278. The van der Waals surface area contributed by atoms with E-state index in [0.29, 0.717) is 17.9 Å². The minimum Gasteiger partial charge on any atom is -0.357 e. The summed E-state index contributed by atoms with van der Waals surface area (Å²) in [6.07, 6.45) is 11.0. The average molecular weight is 406 g/mol. The summed E-state index contributed by atoms with van der Waals surface area (Å²) >= 11 is 0. The van der Waals surface area contributed by atoms with E-state index in [2.05, 4.69) is 34.3 Å². The van der Waals surface area contributed by atoms with E-state index in [1.807, 2.05) is 0 Å². The van der Waals surface area contributed by atoms with Crippen molar-refractivity contribution in [1.82, 2.24) is 20.4 Å². The molecule has 29 heavy (non-hydrogen) atoms. The van der Waals surface area contributed by atoms with Gasteiger partial charge in [0.25, 0.3) is 0 Å². The van der Waals surface area contributed by atoms with Crippen LogP contribution in [0.3, 0.4) is 0 Å². The minimum absolute atomic E-state index is 0.278. The summed E-state index contributed by atoms with van der Waals surface area (Å²) in [5.74, 6) is 2.15. The number of rotatable bonds is 7. The van der Waals surface area contributed by atoms with Crippen molar-refractivity contribution >= 4 is 11.9 Å². The Morgan fingerprint density at radius 1 is 1.03 bits per heavy atom. The summed E-state index contributed by atoms with van der Waals surface area (Å²) in [5.41, 5.74) is 0. The molecule has 0 aromatic rings. The summed E-state index contributed by atoms with van der Waals surface area (Å²) in [6.45, 7) is 11.5. The number of amides is 1. The van der Waals surface area contributed by atoms with Crippen LogP contribution in [0.15, 0.2) is 4.99 Å². The first-order chi connectivity index (χ1) is 14.2. The second-order valence-electron chi connectivity index (χ2n) is 9.44. The summed E-state index contributed by atoms with van der Waals surface area (Å²) < 4.78 is 0. The van der Waals surface area contributed by atoms with Gasteiger partial charge in [0.1, 0.15) is 0 Å². The predicted octanol–water partition coefficient (Wildman–Crippen LogP) is 2.84. The molecule has 166 valence electrons. The fraction of sp³-hybridized carbons (Fsp3) is 0.913. The Hall–Kier alpha value is -1.30. The van der Waals surface area contributed by atoms with Crippen molar-refractivity contribution in [2.45, 2.75) is 77.7 Å². The monoisotopic (exact) mass is 405 g/mol. The molecule has 3 rings (SSSR count). The molecule has 6 nitrogen and oxygen atoms in total. The Morgan fingerprint density at radius 3 is 2.48 bits per heavy atom. The molecule has 2 heterocycles. The van der Waals surface area contributed by atoms with Gasteiger partial charge >= 0.3 is 0 Å². The molecule has 0 spiro atoms. The number of carbonyl (C=O) groups is 1. The lowest BCUT2D eigenvalue weighted by molar-refractivity contribution is -0.135. The first kappa shape index (κ1) is 22.4. The van der Waals surface area contributed by atoms with Crippen LogP contribution in [0.4, 0.5) is 0 Å². The van der Waals surface area contributed by atoms with Gasteiger partial charge in [0.2, 0.25) is 5.91 Å². The molecule has 0 radical (unpaired) electrons. The second-order valence-corrected chi connectivity index (χ2v) is 9.44. The van der Waals surface area contributed by atoms with Crippen molar-refractivity contribution in [3.8, 4) is 0 Å². The first-order valence-electron chi connectivity index (χ1n) is 12.2. The normalized spacial score (nSPS) is 25.8. The standard InChI is InChI=1S/C23H43N5O/c1-3-24-23(25-16-19(2)17-27-13-8-5-9-14-27)26-21-12-15-28(18-21)22(29)20-10-6-4-7-11-20/h19-21H,3-18H2,1-2H3,(H2,24,25,26). The van der Waals surface area contributed by atoms with E-state index in [1.165, 1.54) is 51.6 Å². The quantitative estimate of drug-likeness (QED) is 0.505. The van der Waals surface area contributed by atoms with Gasteiger partial charge in [0.05, 0.1) is 0 Å². The van der Waals surface area contributed by atoms with Crippen molar-refractivity contribution in [2.75, 3.05) is 45.8 Å². The number of hydrogen-bond donors (Lipinski definition) is 2. The van der Waals surface area contributed by atoms with Crippen LogP contribution in [0, 0.1) is 11.8 Å². The highest BCUT2D eigenvalue weighted by Gasteiger charge is 2.31. The zero-order valence-electron chi connectivity index (χ0n) is 18.8. The zero-order chi connectivity index (χ0) is 20.5. The lowest BCUT2D eigenvalue weighted by atomic mass is 9.88. The van der Waals surface area contributed by atoms with Gasteiger partial charge in [0.15, 0.2) is 5.96 Å². The molecule has 0 aromatic heterocycles. The number of aliphatic imine (C=N–C) groups is 1. The third kappa shape index (κ3) is 7.16. The third-order valence-corrected chi connectivity index (χ3v) is 6.72. The smallest absolute Gasteiger partial charge is 0.225 e. The fourth-order valence-electron chi connectivity index (χ4n) is 5.09. The van der Waals surface area contributed by atoms with E-state index < -0.39 is 0 Å². The summed E-state index contributed by atoms with van der Waals surface area (Å²) in [4.78, 5) is 22.4. The molecular weight excluding hydrogens is 362 g/mol. The topological polar surface area (TPSA) is 60.0 Å². The van der Waals surface area contributed by atoms with Crippen molar-refractivity contribution in [3.05, 3.63) is 0 Å². The molecule has 3 aliphatic rings. The molecule has 1 amide bonds. The molecule has 0 bridgehead atoms. The van der Waals surface area contributed by atoms with Gasteiger partial charge in [-0.15, -0.1) is 0 Å². The molecule has 2 unspecified atom stereocenters. The van der Waals surface area contributed by atoms with Gasteiger partial charge in [0, 0.05) is 44.7 Å². The Labute approximate surface area is 177 Å². The number of hydrogen-bond acceptors (Lipinski definition) is 3. The number of piperidine rings is 1. The predicted molar refractivity (Wildman–Crippen MR) is 120 cm³/mol. The zero-order valence-corrected chi connectivity index (χ0v) is 18.8.